The van der Waals surface area contributed by atoms with Crippen molar-refractivity contribution in [3.63, 3.8) is 0 Å². The Labute approximate surface area is 168 Å². The van der Waals surface area contributed by atoms with E-state index in [-0.39, 0.29) is 18.6 Å². The van der Waals surface area contributed by atoms with Crippen molar-refractivity contribution >= 4 is 5.97 Å². The third kappa shape index (κ3) is 5.66. The lowest BCUT2D eigenvalue weighted by Crippen LogP contribution is -2.43. The van der Waals surface area contributed by atoms with Crippen LogP contribution in [0.1, 0.15) is 56.3 Å². The van der Waals surface area contributed by atoms with Gasteiger partial charge >= 0.3 is 5.97 Å². The van der Waals surface area contributed by atoms with E-state index in [9.17, 15) is 4.79 Å². The number of likely N-dealkylation sites (tertiary alicyclic amines) is 1. The monoisotopic (exact) mass is 381 g/mol. The van der Waals surface area contributed by atoms with Gasteiger partial charge in [-0.25, -0.2) is 0 Å². The highest BCUT2D eigenvalue weighted by molar-refractivity contribution is 5.66. The fourth-order valence-corrected chi connectivity index (χ4v) is 4.11. The SMILES string of the molecule is CCC(CCC(=O)O)N1CCC(OC(c2ccccc2)c2ccccc2)CC1. The zero-order valence-corrected chi connectivity index (χ0v) is 16.7. The van der Waals surface area contributed by atoms with E-state index in [1.165, 1.54) is 11.1 Å². The molecule has 0 saturated carbocycles. The molecule has 3 rings (SSSR count). The summed E-state index contributed by atoms with van der Waals surface area (Å²) >= 11 is 0. The van der Waals surface area contributed by atoms with Crippen molar-refractivity contribution in [3.8, 4) is 0 Å². The molecule has 0 bridgehead atoms. The zero-order valence-electron chi connectivity index (χ0n) is 16.7. The number of aliphatic carboxylic acids is 1. The van der Waals surface area contributed by atoms with Gasteiger partial charge in [-0.2, -0.15) is 0 Å². The molecule has 4 heteroatoms. The Morgan fingerprint density at radius 2 is 1.57 bits per heavy atom. The summed E-state index contributed by atoms with van der Waals surface area (Å²) in [7, 11) is 0. The third-order valence-electron chi connectivity index (χ3n) is 5.69. The fraction of sp³-hybridized carbons (Fsp3) is 0.458. The molecule has 28 heavy (non-hydrogen) atoms. The molecule has 1 atom stereocenters. The Bertz CT molecular complexity index is 672. The smallest absolute Gasteiger partial charge is 0.303 e. The molecule has 0 aliphatic carbocycles. The number of hydrogen-bond donors (Lipinski definition) is 1. The molecule has 1 saturated heterocycles. The van der Waals surface area contributed by atoms with Gasteiger partial charge in [-0.15, -0.1) is 0 Å². The maximum atomic E-state index is 10.9. The van der Waals surface area contributed by atoms with E-state index in [1.807, 2.05) is 12.1 Å². The molecule has 0 amide bonds. The van der Waals surface area contributed by atoms with Crippen LogP contribution in [0.4, 0.5) is 0 Å². The summed E-state index contributed by atoms with van der Waals surface area (Å²) in [5, 5.41) is 8.98. The lowest BCUT2D eigenvalue weighted by Gasteiger charge is -2.38. The van der Waals surface area contributed by atoms with E-state index in [4.69, 9.17) is 9.84 Å². The maximum absolute atomic E-state index is 10.9. The number of nitrogens with zero attached hydrogens (tertiary/aromatic N) is 1. The van der Waals surface area contributed by atoms with Crippen LogP contribution in [0.5, 0.6) is 0 Å². The molecular weight excluding hydrogens is 350 g/mol. The molecule has 1 aliphatic rings. The molecule has 150 valence electrons. The first kappa shape index (κ1) is 20.6. The predicted molar refractivity (Wildman–Crippen MR) is 111 cm³/mol. The van der Waals surface area contributed by atoms with Crippen molar-refractivity contribution in [3.05, 3.63) is 71.8 Å². The van der Waals surface area contributed by atoms with Crippen molar-refractivity contribution in [1.29, 1.82) is 0 Å². The standard InChI is InChI=1S/C24H31NO3/c1-2-21(13-14-23(26)27)25-17-15-22(16-18-25)28-24(19-9-5-3-6-10-19)20-11-7-4-8-12-20/h3-12,21-22,24H,2,13-18H2,1H3,(H,26,27). The summed E-state index contributed by atoms with van der Waals surface area (Å²) in [6.45, 7) is 4.09. The molecule has 1 unspecified atom stereocenters. The summed E-state index contributed by atoms with van der Waals surface area (Å²) in [6, 6.07) is 21.2. The van der Waals surface area contributed by atoms with Crippen molar-refractivity contribution in [1.82, 2.24) is 4.90 Å². The molecular formula is C24H31NO3. The molecule has 1 aliphatic heterocycles. The fourth-order valence-electron chi connectivity index (χ4n) is 4.11. The van der Waals surface area contributed by atoms with Crippen LogP contribution in [0, 0.1) is 0 Å². The van der Waals surface area contributed by atoms with E-state index < -0.39 is 5.97 Å². The van der Waals surface area contributed by atoms with Gasteiger partial charge in [0, 0.05) is 25.6 Å². The lowest BCUT2D eigenvalue weighted by atomic mass is 9.98. The number of carbonyl (C=O) groups is 1. The van der Waals surface area contributed by atoms with Crippen molar-refractivity contribution in [2.45, 2.75) is 57.3 Å². The Morgan fingerprint density at radius 1 is 1.04 bits per heavy atom. The molecule has 1 heterocycles. The van der Waals surface area contributed by atoms with Gasteiger partial charge in [-0.05, 0) is 36.8 Å². The summed E-state index contributed by atoms with van der Waals surface area (Å²) in [5.41, 5.74) is 2.37. The number of carboxylic acid groups (broad SMARTS) is 1. The first-order chi connectivity index (χ1) is 13.7. The molecule has 2 aromatic rings. The number of carboxylic acids is 1. The number of rotatable bonds is 9. The van der Waals surface area contributed by atoms with E-state index >= 15 is 0 Å². The van der Waals surface area contributed by atoms with Gasteiger partial charge in [-0.1, -0.05) is 67.6 Å². The Kier molecular flexibility index (Phi) is 7.63. The van der Waals surface area contributed by atoms with Gasteiger partial charge in [0.1, 0.15) is 6.10 Å². The summed E-state index contributed by atoms with van der Waals surface area (Å²) in [6.07, 6.45) is 4.12. The van der Waals surface area contributed by atoms with Crippen molar-refractivity contribution in [2.75, 3.05) is 13.1 Å². The Hall–Kier alpha value is -2.17. The van der Waals surface area contributed by atoms with Gasteiger partial charge in [0.05, 0.1) is 6.10 Å². The number of hydrogen-bond acceptors (Lipinski definition) is 3. The van der Waals surface area contributed by atoms with Crippen LogP contribution in [0.2, 0.25) is 0 Å². The predicted octanol–water partition coefficient (Wildman–Crippen LogP) is 4.90. The van der Waals surface area contributed by atoms with Crippen LogP contribution in [0.3, 0.4) is 0 Å². The normalized spacial score (nSPS) is 16.9. The maximum Gasteiger partial charge on any atom is 0.303 e. The van der Waals surface area contributed by atoms with Crippen molar-refractivity contribution < 1.29 is 14.6 Å². The highest BCUT2D eigenvalue weighted by atomic mass is 16.5. The minimum absolute atomic E-state index is 0.0482. The Balaban J connectivity index is 1.62. The topological polar surface area (TPSA) is 49.8 Å². The second-order valence-corrected chi connectivity index (χ2v) is 7.57. The quantitative estimate of drug-likeness (QED) is 0.671. The van der Waals surface area contributed by atoms with Crippen LogP contribution in [-0.2, 0) is 9.53 Å². The third-order valence-corrected chi connectivity index (χ3v) is 5.69. The average molecular weight is 382 g/mol. The van der Waals surface area contributed by atoms with E-state index in [0.717, 1.165) is 38.8 Å². The van der Waals surface area contributed by atoms with Gasteiger partial charge in [0.2, 0.25) is 0 Å². The van der Waals surface area contributed by atoms with E-state index in [1.54, 1.807) is 0 Å². The first-order valence-corrected chi connectivity index (χ1v) is 10.4. The van der Waals surface area contributed by atoms with Crippen molar-refractivity contribution in [2.24, 2.45) is 0 Å². The van der Waals surface area contributed by atoms with Crippen LogP contribution in [0.25, 0.3) is 0 Å². The van der Waals surface area contributed by atoms with Gasteiger partial charge in [0.15, 0.2) is 0 Å². The average Bonchev–Trinajstić information content (AvgIpc) is 2.74. The molecule has 1 N–H and O–H groups in total. The first-order valence-electron chi connectivity index (χ1n) is 10.4. The largest absolute Gasteiger partial charge is 0.481 e. The zero-order chi connectivity index (χ0) is 19.8. The van der Waals surface area contributed by atoms with Gasteiger partial charge in [-0.3, -0.25) is 4.79 Å². The highest BCUT2D eigenvalue weighted by Crippen LogP contribution is 2.30. The number of piperidine rings is 1. The molecule has 4 nitrogen and oxygen atoms in total. The molecule has 0 radical (unpaired) electrons. The van der Waals surface area contributed by atoms with Crippen LogP contribution >= 0.6 is 0 Å². The number of ether oxygens (including phenoxy) is 1. The molecule has 1 fully saturated rings. The van der Waals surface area contributed by atoms with Gasteiger partial charge in [0.25, 0.3) is 0 Å². The lowest BCUT2D eigenvalue weighted by molar-refractivity contribution is -0.137. The van der Waals surface area contributed by atoms with Crippen LogP contribution in [-0.4, -0.2) is 41.2 Å². The Morgan fingerprint density at radius 3 is 2.04 bits per heavy atom. The molecule has 2 aromatic carbocycles. The molecule has 0 spiro atoms. The van der Waals surface area contributed by atoms with Crippen LogP contribution in [0.15, 0.2) is 60.7 Å². The second-order valence-electron chi connectivity index (χ2n) is 7.57. The highest BCUT2D eigenvalue weighted by Gasteiger charge is 2.27. The second kappa shape index (κ2) is 10.4. The minimum atomic E-state index is -0.703. The minimum Gasteiger partial charge on any atom is -0.481 e. The van der Waals surface area contributed by atoms with Gasteiger partial charge < -0.3 is 14.7 Å². The summed E-state index contributed by atoms with van der Waals surface area (Å²) < 4.78 is 6.60. The summed E-state index contributed by atoms with van der Waals surface area (Å²) in [5.74, 6) is -0.703. The summed E-state index contributed by atoms with van der Waals surface area (Å²) in [4.78, 5) is 13.4. The number of benzene rings is 2. The van der Waals surface area contributed by atoms with E-state index in [2.05, 4.69) is 60.4 Å². The van der Waals surface area contributed by atoms with Crippen LogP contribution < -0.4 is 0 Å². The van der Waals surface area contributed by atoms with E-state index in [0.29, 0.717) is 6.04 Å². The molecule has 0 aromatic heterocycles.